The molecule has 0 saturated heterocycles. The summed E-state index contributed by atoms with van der Waals surface area (Å²) in [7, 11) is -6.32. The van der Waals surface area contributed by atoms with Crippen LogP contribution >= 0.6 is 0 Å². The van der Waals surface area contributed by atoms with Crippen LogP contribution in [0.15, 0.2) is 111 Å². The van der Waals surface area contributed by atoms with E-state index in [1.165, 1.54) is 54.6 Å². The standard InChI is InChI=1S/C33H32N4O8S3/c1-5-22-19-23(13-17-31(22)44-3)36-46(39)45-24-8-6-9-25(20-24)48(42,43)37-29-11-7-10-26-30(38)16-15-28(33(26)29)35-34-27-14-12-21(2)18-32(27)47(4,40)41/h6-20,36-38H,5H2,1-4H3. The fourth-order valence-electron chi connectivity index (χ4n) is 4.87. The quantitative estimate of drug-likeness (QED) is 0.115. The van der Waals surface area contributed by atoms with Gasteiger partial charge in [-0.3, -0.25) is 9.44 Å². The molecule has 48 heavy (non-hydrogen) atoms. The highest BCUT2D eigenvalue weighted by Crippen LogP contribution is 2.40. The number of phenols is 1. The maximum Gasteiger partial charge on any atom is 0.316 e. The molecule has 12 nitrogen and oxygen atoms in total. The lowest BCUT2D eigenvalue weighted by Crippen LogP contribution is -2.14. The van der Waals surface area contributed by atoms with Crippen molar-refractivity contribution in [3.05, 3.63) is 102 Å². The lowest BCUT2D eigenvalue weighted by atomic mass is 10.1. The summed E-state index contributed by atoms with van der Waals surface area (Å²) < 4.78 is 80.9. The van der Waals surface area contributed by atoms with Gasteiger partial charge in [0, 0.05) is 28.8 Å². The topological polar surface area (TPSA) is 173 Å². The predicted molar refractivity (Wildman–Crippen MR) is 186 cm³/mol. The molecule has 0 spiro atoms. The highest BCUT2D eigenvalue weighted by Gasteiger charge is 2.20. The third-order valence-electron chi connectivity index (χ3n) is 7.17. The van der Waals surface area contributed by atoms with Gasteiger partial charge in [0.25, 0.3) is 10.0 Å². The van der Waals surface area contributed by atoms with Crippen molar-refractivity contribution in [2.24, 2.45) is 10.2 Å². The SMILES string of the molecule is CCc1cc(NS(=O)Oc2cccc(S(=O)(=O)Nc3cccc4c(O)ccc(N=Nc5ccc(C)cc5S(C)(=O)=O)c34)c2)ccc1OC. The Morgan fingerprint density at radius 1 is 0.875 bits per heavy atom. The maximum absolute atomic E-state index is 13.6. The molecule has 0 aliphatic heterocycles. The van der Waals surface area contributed by atoms with E-state index >= 15 is 0 Å². The van der Waals surface area contributed by atoms with Crippen LogP contribution in [-0.4, -0.2) is 39.5 Å². The minimum atomic E-state index is -4.26. The van der Waals surface area contributed by atoms with Gasteiger partial charge in [-0.2, -0.15) is 4.21 Å². The Labute approximate surface area is 281 Å². The third kappa shape index (κ3) is 7.75. The van der Waals surface area contributed by atoms with Crippen molar-refractivity contribution in [3.63, 3.8) is 0 Å². The number of ether oxygens (including phenoxy) is 1. The lowest BCUT2D eigenvalue weighted by Gasteiger charge is -2.14. The van der Waals surface area contributed by atoms with Gasteiger partial charge in [-0.05, 0) is 85.1 Å². The average Bonchev–Trinajstić information content (AvgIpc) is 3.04. The van der Waals surface area contributed by atoms with E-state index in [9.17, 15) is 26.2 Å². The van der Waals surface area contributed by atoms with Gasteiger partial charge in [-0.25, -0.2) is 16.8 Å². The molecule has 5 rings (SSSR count). The third-order valence-corrected chi connectivity index (χ3v) is 10.4. The van der Waals surface area contributed by atoms with Gasteiger partial charge in [0.2, 0.25) is 0 Å². The van der Waals surface area contributed by atoms with Crippen LogP contribution in [-0.2, 0) is 37.5 Å². The van der Waals surface area contributed by atoms with Crippen LogP contribution in [0.1, 0.15) is 18.1 Å². The van der Waals surface area contributed by atoms with Gasteiger partial charge >= 0.3 is 11.3 Å². The summed E-state index contributed by atoms with van der Waals surface area (Å²) in [6, 6.07) is 22.8. The summed E-state index contributed by atoms with van der Waals surface area (Å²) in [5.41, 5.74) is 2.50. The highest BCUT2D eigenvalue weighted by molar-refractivity contribution is 7.92. The van der Waals surface area contributed by atoms with Crippen LogP contribution in [0, 0.1) is 6.92 Å². The predicted octanol–water partition coefficient (Wildman–Crippen LogP) is 7.11. The van der Waals surface area contributed by atoms with E-state index in [2.05, 4.69) is 19.7 Å². The molecule has 0 aromatic heterocycles. The molecule has 0 aliphatic rings. The molecule has 0 fully saturated rings. The molecule has 5 aromatic rings. The number of anilines is 2. The van der Waals surface area contributed by atoms with E-state index in [1.807, 2.05) is 6.92 Å². The molecule has 15 heteroatoms. The van der Waals surface area contributed by atoms with Gasteiger partial charge in [0.1, 0.15) is 22.9 Å². The van der Waals surface area contributed by atoms with Crippen LogP contribution < -0.4 is 18.4 Å². The Bertz CT molecular complexity index is 2290. The number of benzene rings is 5. The maximum atomic E-state index is 13.6. The molecule has 0 radical (unpaired) electrons. The number of sulfonamides is 1. The molecule has 0 heterocycles. The molecule has 0 bridgehead atoms. The Morgan fingerprint density at radius 2 is 1.60 bits per heavy atom. The second-order valence-electron chi connectivity index (χ2n) is 10.7. The number of nitrogens with one attached hydrogen (secondary N) is 2. The van der Waals surface area contributed by atoms with E-state index in [-0.39, 0.29) is 49.1 Å². The van der Waals surface area contributed by atoms with Crippen LogP contribution in [0.25, 0.3) is 10.8 Å². The highest BCUT2D eigenvalue weighted by atomic mass is 32.2. The Hall–Kier alpha value is -4.99. The normalized spacial score (nSPS) is 12.6. The monoisotopic (exact) mass is 708 g/mol. The number of methoxy groups -OCH3 is 1. The Kier molecular flexibility index (Phi) is 10.0. The number of azo groups is 1. The summed E-state index contributed by atoms with van der Waals surface area (Å²) >= 11 is -2.06. The van der Waals surface area contributed by atoms with Crippen molar-refractivity contribution < 1.29 is 35.1 Å². The lowest BCUT2D eigenvalue weighted by molar-refractivity contribution is 0.410. The molecule has 0 amide bonds. The van der Waals surface area contributed by atoms with Crippen molar-refractivity contribution in [2.45, 2.75) is 30.1 Å². The van der Waals surface area contributed by atoms with Gasteiger partial charge in [0.15, 0.2) is 9.84 Å². The van der Waals surface area contributed by atoms with Crippen molar-refractivity contribution >= 4 is 64.6 Å². The first kappa shape index (κ1) is 34.3. The molecule has 1 atom stereocenters. The Morgan fingerprint density at radius 3 is 2.33 bits per heavy atom. The van der Waals surface area contributed by atoms with E-state index < -0.39 is 31.1 Å². The smallest absolute Gasteiger partial charge is 0.316 e. The van der Waals surface area contributed by atoms with Crippen molar-refractivity contribution in [2.75, 3.05) is 22.8 Å². The van der Waals surface area contributed by atoms with Gasteiger partial charge in [-0.15, -0.1) is 10.2 Å². The molecule has 0 aliphatic carbocycles. The van der Waals surface area contributed by atoms with Gasteiger partial charge < -0.3 is 14.0 Å². The zero-order valence-electron chi connectivity index (χ0n) is 26.3. The number of fused-ring (bicyclic) bond motifs is 1. The number of hydrogen-bond donors (Lipinski definition) is 3. The van der Waals surface area contributed by atoms with Crippen molar-refractivity contribution in [1.82, 2.24) is 0 Å². The summed E-state index contributed by atoms with van der Waals surface area (Å²) in [5.74, 6) is 0.590. The van der Waals surface area contributed by atoms with E-state index in [1.54, 1.807) is 50.4 Å². The van der Waals surface area contributed by atoms with Crippen molar-refractivity contribution in [3.8, 4) is 17.2 Å². The number of aromatic hydroxyl groups is 1. The number of aryl methyl sites for hydroxylation is 2. The summed E-state index contributed by atoms with van der Waals surface area (Å²) in [5, 5.41) is 19.5. The zero-order chi connectivity index (χ0) is 34.6. The van der Waals surface area contributed by atoms with Gasteiger partial charge in [0.05, 0.1) is 28.3 Å². The summed E-state index contributed by atoms with van der Waals surface area (Å²) in [6.45, 7) is 3.72. The minimum absolute atomic E-state index is 0.0109. The number of nitrogens with zero attached hydrogens (tertiary/aromatic N) is 2. The number of sulfone groups is 1. The van der Waals surface area contributed by atoms with E-state index in [4.69, 9.17) is 8.92 Å². The second-order valence-corrected chi connectivity index (χ2v) is 15.2. The first-order valence-corrected chi connectivity index (χ1v) is 18.9. The molecule has 5 aromatic carbocycles. The first-order chi connectivity index (χ1) is 22.8. The molecule has 1 unspecified atom stereocenters. The Balaban J connectivity index is 1.43. The van der Waals surface area contributed by atoms with Crippen LogP contribution in [0.5, 0.6) is 17.2 Å². The summed E-state index contributed by atoms with van der Waals surface area (Å²) in [4.78, 5) is -0.198. The van der Waals surface area contributed by atoms with Crippen molar-refractivity contribution in [1.29, 1.82) is 0 Å². The fraction of sp³-hybridized carbons (Fsp3) is 0.152. The second kappa shape index (κ2) is 14.0. The molecular weight excluding hydrogens is 677 g/mol. The largest absolute Gasteiger partial charge is 0.507 e. The summed E-state index contributed by atoms with van der Waals surface area (Å²) in [6.07, 6.45) is 1.76. The average molecular weight is 709 g/mol. The molecular formula is C33H32N4O8S3. The molecule has 3 N–H and O–H groups in total. The first-order valence-electron chi connectivity index (χ1n) is 14.4. The molecule has 0 saturated carbocycles. The van der Waals surface area contributed by atoms with Crippen LogP contribution in [0.4, 0.5) is 22.7 Å². The zero-order valence-corrected chi connectivity index (χ0v) is 28.7. The van der Waals surface area contributed by atoms with Crippen LogP contribution in [0.2, 0.25) is 0 Å². The number of rotatable bonds is 12. The minimum Gasteiger partial charge on any atom is -0.507 e. The van der Waals surface area contributed by atoms with Gasteiger partial charge in [-0.1, -0.05) is 31.2 Å². The molecule has 250 valence electrons. The van der Waals surface area contributed by atoms with E-state index in [0.29, 0.717) is 17.9 Å². The van der Waals surface area contributed by atoms with Crippen LogP contribution in [0.3, 0.4) is 0 Å². The number of phenolic OH excluding ortho intramolecular Hbond substituents is 1. The fourth-order valence-corrected chi connectivity index (χ4v) is 7.50. The van der Waals surface area contributed by atoms with E-state index in [0.717, 1.165) is 17.4 Å². The number of hydrogen-bond acceptors (Lipinski definition) is 10.